The number of imidazole rings is 2. The predicted octanol–water partition coefficient (Wildman–Crippen LogP) is 19.0. The minimum Gasteiger partial charge on any atom is -0.306 e. The average molecular weight is 998 g/mol. The third-order valence-corrected chi connectivity index (χ3v) is 15.6. The molecule has 15 rings (SSSR count). The molecule has 0 unspecified atom stereocenters. The molecule has 0 spiro atoms. The summed E-state index contributed by atoms with van der Waals surface area (Å²) in [6, 6.07) is 91.4. The lowest BCUT2D eigenvalue weighted by molar-refractivity contribution is -0.509. The number of pyridine rings is 2. The molecule has 1 N–H and O–H groups in total. The second-order valence-corrected chi connectivity index (χ2v) is 20.4. The molecule has 15 aromatic rings. The fraction of sp³-hybridized carbons (Fsp3) is 0.0270. The van der Waals surface area contributed by atoms with Crippen molar-refractivity contribution in [2.75, 3.05) is 0 Å². The zero-order chi connectivity index (χ0) is 52.1. The van der Waals surface area contributed by atoms with Gasteiger partial charge in [0.05, 0.1) is 5.69 Å². The van der Waals surface area contributed by atoms with Crippen molar-refractivity contribution < 1.29 is 4.40 Å². The van der Waals surface area contributed by atoms with Gasteiger partial charge in [0.2, 0.25) is 0 Å². The van der Waals surface area contributed by atoms with Gasteiger partial charge in [-0.3, -0.25) is 0 Å². The van der Waals surface area contributed by atoms with Crippen LogP contribution in [0.2, 0.25) is 0 Å². The lowest BCUT2D eigenvalue weighted by Crippen LogP contribution is -2.17. The molecule has 0 amide bonds. The van der Waals surface area contributed by atoms with Crippen LogP contribution in [0.5, 0.6) is 0 Å². The van der Waals surface area contributed by atoms with Gasteiger partial charge >= 0.3 is 0 Å². The lowest BCUT2D eigenvalue weighted by atomic mass is 9.85. The Balaban J connectivity index is 0.000000143. The minimum atomic E-state index is 0.948. The van der Waals surface area contributed by atoms with Crippen LogP contribution in [0.3, 0.4) is 0 Å². The number of rotatable bonds is 7. The van der Waals surface area contributed by atoms with Crippen LogP contribution in [0.25, 0.3) is 133 Å². The summed E-state index contributed by atoms with van der Waals surface area (Å²) in [4.78, 5) is 8.50. The second-order valence-electron chi connectivity index (χ2n) is 20.4. The molecule has 0 aliphatic rings. The second kappa shape index (κ2) is 19.5. The number of nitrogens with one attached hydrogen (secondary N) is 1. The van der Waals surface area contributed by atoms with Gasteiger partial charge in [-0.1, -0.05) is 224 Å². The number of aryl methyl sites for hydroxylation is 2. The summed E-state index contributed by atoms with van der Waals surface area (Å²) in [6.45, 7) is 4.37. The molecule has 4 heteroatoms. The van der Waals surface area contributed by atoms with E-state index in [1.165, 1.54) is 110 Å². The van der Waals surface area contributed by atoms with Gasteiger partial charge in [0.15, 0.2) is 5.69 Å². The van der Waals surface area contributed by atoms with Crippen molar-refractivity contribution in [3.63, 3.8) is 0 Å². The van der Waals surface area contributed by atoms with Gasteiger partial charge in [-0.25, -0.2) is 14.4 Å². The molecule has 0 aliphatic carbocycles. The summed E-state index contributed by atoms with van der Waals surface area (Å²) < 4.78 is 4.29. The Labute approximate surface area is 453 Å². The van der Waals surface area contributed by atoms with Crippen molar-refractivity contribution >= 4 is 54.4 Å². The van der Waals surface area contributed by atoms with Crippen molar-refractivity contribution in [3.8, 4) is 78.1 Å². The molecule has 0 aliphatic heterocycles. The summed E-state index contributed by atoms with van der Waals surface area (Å²) in [7, 11) is 0. The van der Waals surface area contributed by atoms with Crippen molar-refractivity contribution in [1.29, 1.82) is 0 Å². The van der Waals surface area contributed by atoms with Crippen LogP contribution in [0.15, 0.2) is 280 Å². The van der Waals surface area contributed by atoms with E-state index in [9.17, 15) is 0 Å². The summed E-state index contributed by atoms with van der Waals surface area (Å²) >= 11 is 0. The van der Waals surface area contributed by atoms with Gasteiger partial charge in [0.25, 0.3) is 5.65 Å². The zero-order valence-corrected chi connectivity index (χ0v) is 43.4. The SMILES string of the molecule is Cc1c2ccccc2c(-c2ccc(-c3cn4cc(-c5ccccc5)ccc4n3)cc2)c2ccccc12.Cc1ccc(-c2c3ccccc3c(-c3ccc(-c4c[n+]5cc(-c6ccccc6)ccc5[nH]4)cc3)c3ccccc23)cc1. The van der Waals surface area contributed by atoms with Crippen molar-refractivity contribution in [2.24, 2.45) is 0 Å². The minimum absolute atomic E-state index is 0.948. The monoisotopic (exact) mass is 997 g/mol. The smallest absolute Gasteiger partial charge is 0.284 e. The third-order valence-electron chi connectivity index (χ3n) is 15.6. The number of benzene rings is 11. The van der Waals surface area contributed by atoms with E-state index in [1.54, 1.807) is 0 Å². The van der Waals surface area contributed by atoms with Crippen molar-refractivity contribution in [1.82, 2.24) is 14.4 Å². The van der Waals surface area contributed by atoms with Crippen molar-refractivity contribution in [2.45, 2.75) is 13.8 Å². The lowest BCUT2D eigenvalue weighted by Gasteiger charge is -2.18. The maximum atomic E-state index is 4.89. The van der Waals surface area contributed by atoms with E-state index in [0.717, 1.165) is 33.8 Å². The highest BCUT2D eigenvalue weighted by molar-refractivity contribution is 6.21. The molecule has 368 valence electrons. The highest BCUT2D eigenvalue weighted by atomic mass is 15.0. The Kier molecular flexibility index (Phi) is 11.6. The summed E-state index contributed by atoms with van der Waals surface area (Å²) in [5, 5.41) is 10.3. The summed E-state index contributed by atoms with van der Waals surface area (Å²) in [5.41, 5.74) is 21.3. The molecule has 0 atom stereocenters. The molecule has 0 fully saturated rings. The van der Waals surface area contributed by atoms with E-state index in [4.69, 9.17) is 4.98 Å². The normalized spacial score (nSPS) is 11.5. The van der Waals surface area contributed by atoms with Crippen LogP contribution in [0, 0.1) is 13.8 Å². The van der Waals surface area contributed by atoms with E-state index in [2.05, 4.69) is 301 Å². The molecule has 0 bridgehead atoms. The van der Waals surface area contributed by atoms with Gasteiger partial charge in [-0.2, -0.15) is 0 Å². The fourth-order valence-electron chi connectivity index (χ4n) is 11.7. The number of hydrogen-bond donors (Lipinski definition) is 1. The first kappa shape index (κ1) is 46.4. The Morgan fingerprint density at radius 3 is 1.23 bits per heavy atom. The Bertz CT molecular complexity index is 4590. The molecule has 0 saturated carbocycles. The van der Waals surface area contributed by atoms with E-state index in [-0.39, 0.29) is 0 Å². The standard InChI is InChI=1S/C40H28N2.C34H24N2/c1-27-15-17-30(18-16-27)39-33-11-5-7-13-35(33)40(36-14-8-6-12-34(36)39)31-21-19-29(20-22-31)37-26-42-25-32(23-24-38(42)41-37)28-9-3-2-4-10-28;1-23-28-11-5-7-13-30(28)34(31-14-8-6-12-29(23)31)26-17-15-25(16-18-26)32-22-36-21-27(19-20-33(36)35-32)24-9-3-2-4-10-24/h2-26H,1H3;2-22H,1H3/p+1. The van der Waals surface area contributed by atoms with Gasteiger partial charge in [0, 0.05) is 35.2 Å². The summed E-state index contributed by atoms with van der Waals surface area (Å²) in [6.07, 6.45) is 8.64. The molecule has 4 heterocycles. The van der Waals surface area contributed by atoms with E-state index >= 15 is 0 Å². The maximum absolute atomic E-state index is 4.89. The topological polar surface area (TPSA) is 37.2 Å². The molecule has 4 aromatic heterocycles. The first-order valence-electron chi connectivity index (χ1n) is 26.7. The molecule has 0 radical (unpaired) electrons. The molecular formula is C74H53N4+. The molecule has 78 heavy (non-hydrogen) atoms. The third kappa shape index (κ3) is 8.37. The van der Waals surface area contributed by atoms with E-state index < -0.39 is 0 Å². The van der Waals surface area contributed by atoms with Crippen LogP contribution in [-0.4, -0.2) is 14.4 Å². The number of H-pyrrole nitrogens is 1. The first-order valence-corrected chi connectivity index (χ1v) is 26.7. The van der Waals surface area contributed by atoms with Crippen molar-refractivity contribution in [3.05, 3.63) is 291 Å². The number of aromatic amines is 1. The van der Waals surface area contributed by atoms with Crippen LogP contribution in [0.4, 0.5) is 0 Å². The maximum Gasteiger partial charge on any atom is 0.284 e. The number of aromatic nitrogens is 4. The Morgan fingerprint density at radius 2 is 0.718 bits per heavy atom. The van der Waals surface area contributed by atoms with Gasteiger partial charge in [-0.15, -0.1) is 0 Å². The Hall–Kier alpha value is -10.2. The predicted molar refractivity (Wildman–Crippen MR) is 327 cm³/mol. The van der Waals surface area contributed by atoms with Crippen LogP contribution >= 0.6 is 0 Å². The largest absolute Gasteiger partial charge is 0.306 e. The van der Waals surface area contributed by atoms with Crippen LogP contribution in [0.1, 0.15) is 11.1 Å². The van der Waals surface area contributed by atoms with E-state index in [1.807, 2.05) is 6.07 Å². The first-order chi connectivity index (χ1) is 38.5. The number of hydrogen-bond acceptors (Lipinski definition) is 1. The molecule has 11 aromatic carbocycles. The quantitative estimate of drug-likeness (QED) is 0.125. The Morgan fingerprint density at radius 1 is 0.321 bits per heavy atom. The molecule has 4 nitrogen and oxygen atoms in total. The average Bonchev–Trinajstić information content (AvgIpc) is 4.27. The van der Waals surface area contributed by atoms with Gasteiger partial charge in [0.1, 0.15) is 18.0 Å². The fourth-order valence-corrected chi connectivity index (χ4v) is 11.7. The van der Waals surface area contributed by atoms with E-state index in [0.29, 0.717) is 0 Å². The number of fused-ring (bicyclic) bond motifs is 6. The molecular weight excluding hydrogens is 945 g/mol. The van der Waals surface area contributed by atoms with Crippen LogP contribution in [-0.2, 0) is 0 Å². The van der Waals surface area contributed by atoms with Gasteiger partial charge < -0.3 is 4.40 Å². The van der Waals surface area contributed by atoms with Crippen LogP contribution < -0.4 is 4.40 Å². The van der Waals surface area contributed by atoms with Gasteiger partial charge in [-0.05, 0) is 143 Å². The molecule has 0 saturated heterocycles. The summed E-state index contributed by atoms with van der Waals surface area (Å²) in [5.74, 6) is 0. The highest BCUT2D eigenvalue weighted by Crippen LogP contribution is 2.44. The number of nitrogens with zero attached hydrogens (tertiary/aromatic N) is 3. The highest BCUT2D eigenvalue weighted by Gasteiger charge is 2.19. The zero-order valence-electron chi connectivity index (χ0n) is 43.4.